The van der Waals surface area contributed by atoms with Gasteiger partial charge in [0, 0.05) is 0 Å². The lowest BCUT2D eigenvalue weighted by Gasteiger charge is -2.19. The van der Waals surface area contributed by atoms with Crippen molar-refractivity contribution in [3.05, 3.63) is 12.7 Å². The summed E-state index contributed by atoms with van der Waals surface area (Å²) in [5.41, 5.74) is 6.32. The molecule has 2 aliphatic heterocycles. The molecule has 4 rings (SSSR count). The Labute approximate surface area is 170 Å². The summed E-state index contributed by atoms with van der Waals surface area (Å²) in [6, 6.07) is -0.558. The Balaban J connectivity index is 1.41. The van der Waals surface area contributed by atoms with Crippen molar-refractivity contribution in [2.24, 2.45) is 0 Å². The molecule has 2 aromatic heterocycles. The van der Waals surface area contributed by atoms with E-state index < -0.39 is 50.8 Å². The molecule has 6 atom stereocenters. The van der Waals surface area contributed by atoms with E-state index in [0.29, 0.717) is 18.5 Å². The van der Waals surface area contributed by atoms with Gasteiger partial charge in [0.2, 0.25) is 5.91 Å². The van der Waals surface area contributed by atoms with E-state index in [-0.39, 0.29) is 11.5 Å². The predicted octanol–water partition coefficient (Wildman–Crippen LogP) is -1.99. The van der Waals surface area contributed by atoms with Crippen molar-refractivity contribution in [2.75, 3.05) is 18.9 Å². The van der Waals surface area contributed by atoms with E-state index in [4.69, 9.17) is 15.0 Å². The van der Waals surface area contributed by atoms with Gasteiger partial charge < -0.3 is 30.9 Å². The second kappa shape index (κ2) is 8.15. The number of aromatic nitrogens is 4. The maximum absolute atomic E-state index is 12.2. The van der Waals surface area contributed by atoms with Crippen LogP contribution < -0.4 is 16.1 Å². The number of hydrogen-bond donors (Lipinski definition) is 6. The number of aliphatic hydroxyl groups is 2. The molecule has 2 aromatic rings. The van der Waals surface area contributed by atoms with E-state index in [1.165, 1.54) is 17.2 Å². The molecule has 0 bridgehead atoms. The zero-order valence-electron chi connectivity index (χ0n) is 15.7. The number of aliphatic hydroxyl groups excluding tert-OH is 2. The van der Waals surface area contributed by atoms with E-state index in [2.05, 4.69) is 20.3 Å². The van der Waals surface area contributed by atoms with Crippen LogP contribution in [0, 0.1) is 0 Å². The van der Waals surface area contributed by atoms with Crippen molar-refractivity contribution >= 4 is 30.6 Å². The summed E-state index contributed by atoms with van der Waals surface area (Å²) in [5, 5.41) is 25.5. The molecule has 2 saturated heterocycles. The molecule has 0 aliphatic carbocycles. The van der Waals surface area contributed by atoms with E-state index >= 15 is 0 Å². The number of fused-ring (bicyclic) bond motifs is 1. The van der Waals surface area contributed by atoms with Gasteiger partial charge in [0.15, 0.2) is 17.7 Å². The van der Waals surface area contributed by atoms with Gasteiger partial charge >= 0.3 is 7.75 Å². The average Bonchev–Trinajstić information content (AvgIpc) is 3.42. The van der Waals surface area contributed by atoms with Crippen LogP contribution in [0.2, 0.25) is 0 Å². The largest absolute Gasteiger partial charge is 0.432 e. The average molecular weight is 443 g/mol. The number of nitrogen functional groups attached to an aromatic ring is 1. The number of anilines is 1. The fourth-order valence-corrected chi connectivity index (χ4v) is 4.33. The van der Waals surface area contributed by atoms with Crippen LogP contribution in [-0.2, 0) is 18.6 Å². The summed E-state index contributed by atoms with van der Waals surface area (Å²) in [7, 11) is -4.49. The fraction of sp³-hybridized carbons (Fsp3) is 0.600. The summed E-state index contributed by atoms with van der Waals surface area (Å²) in [4.78, 5) is 33.9. The third kappa shape index (κ3) is 4.03. The third-order valence-corrected chi connectivity index (χ3v) is 6.04. The van der Waals surface area contributed by atoms with Crippen LogP contribution in [0.1, 0.15) is 19.1 Å². The first-order valence-corrected chi connectivity index (χ1v) is 10.8. The van der Waals surface area contributed by atoms with Crippen molar-refractivity contribution in [1.29, 1.82) is 0 Å². The van der Waals surface area contributed by atoms with Crippen molar-refractivity contribution in [3.8, 4) is 0 Å². The molecule has 15 heteroatoms. The van der Waals surface area contributed by atoms with Crippen molar-refractivity contribution in [1.82, 2.24) is 29.9 Å². The summed E-state index contributed by atoms with van der Waals surface area (Å²) in [6.07, 6.45) is -1.19. The number of ether oxygens (including phenoxy) is 1. The third-order valence-electron chi connectivity index (χ3n) is 5.04. The van der Waals surface area contributed by atoms with E-state index in [1.807, 2.05) is 5.09 Å². The topological polar surface area (TPSA) is 207 Å². The Kier molecular flexibility index (Phi) is 5.72. The molecule has 0 spiro atoms. The number of carbonyl (C=O) groups is 1. The molecule has 0 radical (unpaired) electrons. The highest BCUT2D eigenvalue weighted by molar-refractivity contribution is 7.51. The van der Waals surface area contributed by atoms with Crippen molar-refractivity contribution in [2.45, 2.75) is 43.4 Å². The highest BCUT2D eigenvalue weighted by atomic mass is 31.2. The first kappa shape index (κ1) is 21.1. The summed E-state index contributed by atoms with van der Waals surface area (Å²) in [6.45, 7) is 0.0974. The van der Waals surface area contributed by atoms with Gasteiger partial charge in [0.25, 0.3) is 0 Å². The van der Waals surface area contributed by atoms with Gasteiger partial charge in [-0.2, -0.15) is 0 Å². The molecular weight excluding hydrogens is 421 g/mol. The number of rotatable bonds is 6. The Morgan fingerprint density at radius 3 is 2.93 bits per heavy atom. The zero-order chi connectivity index (χ0) is 21.5. The fourth-order valence-electron chi connectivity index (χ4n) is 3.49. The minimum absolute atomic E-state index is 0.139. The van der Waals surface area contributed by atoms with Gasteiger partial charge in [-0.15, -0.1) is 0 Å². The zero-order valence-corrected chi connectivity index (χ0v) is 16.6. The molecular formula is C15H22N7O7P. The van der Waals surface area contributed by atoms with Crippen LogP contribution in [0.15, 0.2) is 12.7 Å². The Hall–Kier alpha value is -2.19. The lowest BCUT2D eigenvalue weighted by molar-refractivity contribution is -0.121. The van der Waals surface area contributed by atoms with Gasteiger partial charge in [0.05, 0.1) is 19.0 Å². The van der Waals surface area contributed by atoms with Crippen LogP contribution in [-0.4, -0.2) is 78.0 Å². The van der Waals surface area contributed by atoms with Crippen LogP contribution in [0.3, 0.4) is 0 Å². The summed E-state index contributed by atoms with van der Waals surface area (Å²) in [5.74, 6) is -0.508. The molecule has 14 nitrogen and oxygen atoms in total. The maximum atomic E-state index is 12.2. The SMILES string of the molecule is Nc1ncnc2c1ncn2[C@@H]1O[C@H](COP(=O)(O)NC(=O)[C@@H]2CCCN2)[C@@H](O)[C@H]1O. The monoisotopic (exact) mass is 443 g/mol. The molecule has 7 N–H and O–H groups in total. The number of nitrogens with zero attached hydrogens (tertiary/aromatic N) is 4. The van der Waals surface area contributed by atoms with E-state index in [1.54, 1.807) is 0 Å². The Morgan fingerprint density at radius 2 is 2.20 bits per heavy atom. The molecule has 1 unspecified atom stereocenters. The van der Waals surface area contributed by atoms with Crippen molar-refractivity contribution < 1.29 is 33.7 Å². The number of hydrogen-bond acceptors (Lipinski definition) is 11. The van der Waals surface area contributed by atoms with Crippen LogP contribution in [0.5, 0.6) is 0 Å². The first-order valence-electron chi connectivity index (χ1n) is 9.24. The van der Waals surface area contributed by atoms with Crippen LogP contribution in [0.4, 0.5) is 5.82 Å². The summed E-state index contributed by atoms with van der Waals surface area (Å²) >= 11 is 0. The van der Waals surface area contributed by atoms with Gasteiger partial charge in [-0.3, -0.25) is 19.0 Å². The van der Waals surface area contributed by atoms with Crippen LogP contribution in [0.25, 0.3) is 11.2 Å². The Morgan fingerprint density at radius 1 is 1.40 bits per heavy atom. The standard InChI is InChI=1S/C15H22N7O7P/c16-12-9-13(19-5-18-12)22(6-20-9)15-11(24)10(23)8(29-15)4-28-30(26,27)21-14(25)7-2-1-3-17-7/h5-8,10-11,15,17,23-24H,1-4H2,(H2,16,18,19)(H2,21,25,26,27)/t7-,8+,10+,11+,15+/m0/s1. The molecule has 164 valence electrons. The van der Waals surface area contributed by atoms with E-state index in [0.717, 1.165) is 6.42 Å². The van der Waals surface area contributed by atoms with Gasteiger partial charge in [0.1, 0.15) is 30.2 Å². The molecule has 0 saturated carbocycles. The van der Waals surface area contributed by atoms with Gasteiger partial charge in [-0.05, 0) is 19.4 Å². The number of nitrogens with one attached hydrogen (secondary N) is 2. The quantitative estimate of drug-likeness (QED) is 0.268. The second-order valence-electron chi connectivity index (χ2n) is 7.07. The molecule has 2 aliphatic rings. The minimum Gasteiger partial charge on any atom is -0.387 e. The number of carbonyl (C=O) groups excluding carboxylic acids is 1. The lowest BCUT2D eigenvalue weighted by Crippen LogP contribution is -2.39. The Bertz CT molecular complexity index is 981. The highest BCUT2D eigenvalue weighted by Gasteiger charge is 2.45. The number of imidazole rings is 1. The van der Waals surface area contributed by atoms with Crippen LogP contribution >= 0.6 is 7.75 Å². The van der Waals surface area contributed by atoms with Crippen molar-refractivity contribution in [3.63, 3.8) is 0 Å². The van der Waals surface area contributed by atoms with Gasteiger partial charge in [-0.25, -0.2) is 19.5 Å². The molecule has 0 aromatic carbocycles. The predicted molar refractivity (Wildman–Crippen MR) is 101 cm³/mol. The second-order valence-corrected chi connectivity index (χ2v) is 8.59. The first-order chi connectivity index (χ1) is 14.3. The number of amides is 1. The lowest BCUT2D eigenvalue weighted by atomic mass is 10.1. The summed E-state index contributed by atoms with van der Waals surface area (Å²) < 4.78 is 24.1. The normalized spacial score (nSPS) is 31.1. The minimum atomic E-state index is -4.49. The number of nitrogens with two attached hydrogens (primary N) is 1. The molecule has 30 heavy (non-hydrogen) atoms. The molecule has 2 fully saturated rings. The van der Waals surface area contributed by atoms with Gasteiger partial charge in [-0.1, -0.05) is 0 Å². The van der Waals surface area contributed by atoms with E-state index in [9.17, 15) is 24.5 Å². The molecule has 4 heterocycles. The highest BCUT2D eigenvalue weighted by Crippen LogP contribution is 2.39. The molecule has 1 amide bonds. The maximum Gasteiger partial charge on any atom is 0.432 e. The smallest absolute Gasteiger partial charge is 0.387 e.